The van der Waals surface area contributed by atoms with Crippen LogP contribution in [0.3, 0.4) is 0 Å². The molecule has 4 nitrogen and oxygen atoms in total. The Labute approximate surface area is 159 Å². The van der Waals surface area contributed by atoms with E-state index in [0.29, 0.717) is 17.9 Å². The normalized spacial score (nSPS) is 33.1. The van der Waals surface area contributed by atoms with Gasteiger partial charge in [0.25, 0.3) is 0 Å². The zero-order valence-corrected chi connectivity index (χ0v) is 16.9. The molecule has 1 saturated carbocycles. The Kier molecular flexibility index (Phi) is 8.81. The molecule has 3 rings (SSSR count). The van der Waals surface area contributed by atoms with Gasteiger partial charge in [0, 0.05) is 26.2 Å². The van der Waals surface area contributed by atoms with Crippen LogP contribution < -0.4 is 5.32 Å². The Morgan fingerprint density at radius 3 is 2.71 bits per heavy atom. The Morgan fingerprint density at radius 1 is 1.21 bits per heavy atom. The summed E-state index contributed by atoms with van der Waals surface area (Å²) in [5, 5.41) is 3.50. The van der Waals surface area contributed by atoms with Gasteiger partial charge >= 0.3 is 0 Å². The summed E-state index contributed by atoms with van der Waals surface area (Å²) in [6.45, 7) is 4.09. The van der Waals surface area contributed by atoms with Crippen molar-refractivity contribution in [3.05, 3.63) is 0 Å². The van der Waals surface area contributed by atoms with E-state index in [-0.39, 0.29) is 30.2 Å². The summed E-state index contributed by atoms with van der Waals surface area (Å²) in [6.07, 6.45) is 9.97. The van der Waals surface area contributed by atoms with Gasteiger partial charge in [-0.05, 0) is 58.2 Å². The summed E-state index contributed by atoms with van der Waals surface area (Å²) >= 11 is 0. The molecule has 0 radical (unpaired) electrons. The van der Waals surface area contributed by atoms with Crippen molar-refractivity contribution in [1.82, 2.24) is 15.1 Å². The number of hydrogen-bond acceptors (Lipinski definition) is 3. The number of likely N-dealkylation sites (tertiary alicyclic amines) is 1. The zero-order chi connectivity index (χ0) is 15.6. The summed E-state index contributed by atoms with van der Waals surface area (Å²) < 4.78 is 0. The van der Waals surface area contributed by atoms with Gasteiger partial charge in [-0.25, -0.2) is 0 Å². The first-order valence-electron chi connectivity index (χ1n) is 9.30. The highest BCUT2D eigenvalue weighted by Gasteiger charge is 2.50. The topological polar surface area (TPSA) is 35.6 Å². The van der Waals surface area contributed by atoms with Crippen molar-refractivity contribution in [1.29, 1.82) is 0 Å². The van der Waals surface area contributed by atoms with Gasteiger partial charge in [0.2, 0.25) is 5.91 Å². The van der Waals surface area contributed by atoms with Crippen molar-refractivity contribution < 1.29 is 4.79 Å². The molecule has 0 aromatic carbocycles. The summed E-state index contributed by atoms with van der Waals surface area (Å²) in [7, 11) is 4.27. The molecule has 2 saturated heterocycles. The highest BCUT2D eigenvalue weighted by atomic mass is 35.5. The number of nitrogens with one attached hydrogen (secondary N) is 1. The maximum atomic E-state index is 13.1. The maximum Gasteiger partial charge on any atom is 0.230 e. The minimum Gasteiger partial charge on any atom is -0.345 e. The average Bonchev–Trinajstić information content (AvgIpc) is 2.98. The van der Waals surface area contributed by atoms with E-state index >= 15 is 0 Å². The van der Waals surface area contributed by atoms with Crippen molar-refractivity contribution in [3.8, 4) is 0 Å². The van der Waals surface area contributed by atoms with Gasteiger partial charge in [0.05, 0.1) is 5.41 Å². The number of rotatable bonds is 4. The van der Waals surface area contributed by atoms with Gasteiger partial charge in [-0.15, -0.1) is 24.8 Å². The number of amides is 1. The molecule has 24 heavy (non-hydrogen) atoms. The lowest BCUT2D eigenvalue weighted by molar-refractivity contribution is -0.144. The van der Waals surface area contributed by atoms with E-state index in [1.165, 1.54) is 45.1 Å². The first kappa shape index (κ1) is 22.0. The third kappa shape index (κ3) is 4.38. The van der Waals surface area contributed by atoms with E-state index in [1.54, 1.807) is 0 Å². The highest BCUT2D eigenvalue weighted by Crippen LogP contribution is 2.44. The van der Waals surface area contributed by atoms with Crippen molar-refractivity contribution >= 4 is 30.7 Å². The number of piperidine rings is 1. The molecule has 3 fully saturated rings. The second kappa shape index (κ2) is 9.61. The lowest BCUT2D eigenvalue weighted by Gasteiger charge is -2.40. The van der Waals surface area contributed by atoms with Gasteiger partial charge in [-0.1, -0.05) is 19.3 Å². The molecule has 1 aliphatic carbocycles. The Morgan fingerprint density at radius 2 is 1.96 bits per heavy atom. The second-order valence-electron chi connectivity index (χ2n) is 7.88. The van der Waals surface area contributed by atoms with E-state index in [2.05, 4.69) is 17.3 Å². The average molecular weight is 380 g/mol. The molecule has 3 aliphatic rings. The van der Waals surface area contributed by atoms with E-state index in [1.807, 2.05) is 11.9 Å². The molecule has 0 aromatic rings. The molecule has 2 aliphatic heterocycles. The van der Waals surface area contributed by atoms with E-state index < -0.39 is 0 Å². The third-order valence-electron chi connectivity index (χ3n) is 6.53. The largest absolute Gasteiger partial charge is 0.345 e. The Hall–Kier alpha value is -0.0300. The van der Waals surface area contributed by atoms with Crippen molar-refractivity contribution in [2.45, 2.75) is 57.4 Å². The highest BCUT2D eigenvalue weighted by molar-refractivity contribution is 5.85. The van der Waals surface area contributed by atoms with Crippen LogP contribution in [0.25, 0.3) is 0 Å². The van der Waals surface area contributed by atoms with Crippen LogP contribution in [0.15, 0.2) is 0 Å². The van der Waals surface area contributed by atoms with Crippen LogP contribution in [-0.2, 0) is 4.79 Å². The number of halogens is 2. The molecule has 0 spiro atoms. The molecule has 0 bridgehead atoms. The van der Waals surface area contributed by atoms with Crippen molar-refractivity contribution in [2.24, 2.45) is 11.3 Å². The predicted molar refractivity (Wildman–Crippen MR) is 104 cm³/mol. The third-order valence-corrected chi connectivity index (χ3v) is 6.53. The fourth-order valence-corrected chi connectivity index (χ4v) is 5.00. The summed E-state index contributed by atoms with van der Waals surface area (Å²) in [6, 6.07) is 0.672. The Bertz CT molecular complexity index is 410. The molecular weight excluding hydrogens is 345 g/mol. The molecule has 6 heteroatoms. The summed E-state index contributed by atoms with van der Waals surface area (Å²) in [5.41, 5.74) is -0.0779. The first-order valence-corrected chi connectivity index (χ1v) is 9.30. The standard InChI is InChI=1S/C18H33N3O.2ClH/c1-20-11-6-4-8-16(20)9-12-21(2)17(22)18-10-5-3-7-15(18)13-19-14-18;;/h15-16,19H,3-14H2,1-2H3;2*1H/t15-,16?,18+;;/m0../s1. The van der Waals surface area contributed by atoms with Crippen LogP contribution in [0.4, 0.5) is 0 Å². The van der Waals surface area contributed by atoms with Crippen molar-refractivity contribution in [3.63, 3.8) is 0 Å². The molecule has 0 aromatic heterocycles. The second-order valence-corrected chi connectivity index (χ2v) is 7.88. The molecule has 1 N–H and O–H groups in total. The van der Waals surface area contributed by atoms with E-state index in [0.717, 1.165) is 32.5 Å². The van der Waals surface area contributed by atoms with Gasteiger partial charge in [-0.3, -0.25) is 4.79 Å². The molecule has 2 heterocycles. The SMILES string of the molecule is CN(CCC1CCCCN1C)C(=O)[C@@]12CCCC[C@H]1CNC2.Cl.Cl. The number of carbonyl (C=O) groups is 1. The minimum absolute atomic E-state index is 0. The molecular formula is C18H35Cl2N3O. The van der Waals surface area contributed by atoms with Gasteiger partial charge in [0.1, 0.15) is 0 Å². The van der Waals surface area contributed by atoms with Crippen LogP contribution in [-0.4, -0.2) is 62.0 Å². The fraction of sp³-hybridized carbons (Fsp3) is 0.944. The van der Waals surface area contributed by atoms with Gasteiger partial charge in [-0.2, -0.15) is 0 Å². The minimum atomic E-state index is -0.0779. The molecule has 3 atom stereocenters. The van der Waals surface area contributed by atoms with Crippen LogP contribution in [0.2, 0.25) is 0 Å². The first-order chi connectivity index (χ1) is 10.6. The van der Waals surface area contributed by atoms with Crippen molar-refractivity contribution in [2.75, 3.05) is 40.3 Å². The van der Waals surface area contributed by atoms with Crippen LogP contribution in [0.1, 0.15) is 51.4 Å². The summed E-state index contributed by atoms with van der Waals surface area (Å²) in [4.78, 5) is 17.7. The molecule has 1 amide bonds. The summed E-state index contributed by atoms with van der Waals surface area (Å²) in [5.74, 6) is 0.995. The quantitative estimate of drug-likeness (QED) is 0.815. The van der Waals surface area contributed by atoms with Gasteiger partial charge < -0.3 is 15.1 Å². The molecule has 142 valence electrons. The lowest BCUT2D eigenvalue weighted by Crippen LogP contribution is -2.49. The predicted octanol–water partition coefficient (Wildman–Crippen LogP) is 2.94. The maximum absolute atomic E-state index is 13.1. The van der Waals surface area contributed by atoms with Crippen LogP contribution in [0, 0.1) is 11.3 Å². The number of carbonyl (C=O) groups excluding carboxylic acids is 1. The number of nitrogens with zero attached hydrogens (tertiary/aromatic N) is 2. The number of hydrogen-bond donors (Lipinski definition) is 1. The number of fused-ring (bicyclic) bond motifs is 1. The monoisotopic (exact) mass is 379 g/mol. The molecule has 1 unspecified atom stereocenters. The lowest BCUT2D eigenvalue weighted by atomic mass is 9.67. The Balaban J connectivity index is 0.00000144. The fourth-order valence-electron chi connectivity index (χ4n) is 5.00. The van der Waals surface area contributed by atoms with Crippen LogP contribution >= 0.6 is 24.8 Å². The van der Waals surface area contributed by atoms with E-state index in [4.69, 9.17) is 0 Å². The van der Waals surface area contributed by atoms with E-state index in [9.17, 15) is 4.79 Å². The van der Waals surface area contributed by atoms with Gasteiger partial charge in [0.15, 0.2) is 0 Å². The van der Waals surface area contributed by atoms with Crippen LogP contribution in [0.5, 0.6) is 0 Å². The smallest absolute Gasteiger partial charge is 0.230 e. The zero-order valence-electron chi connectivity index (χ0n) is 15.3.